The second kappa shape index (κ2) is 3.21. The van der Waals surface area contributed by atoms with Gasteiger partial charge in [0.15, 0.2) is 0 Å². The van der Waals surface area contributed by atoms with Gasteiger partial charge in [0, 0.05) is 0 Å². The second-order valence-corrected chi connectivity index (χ2v) is 4.48. The maximum atomic E-state index is 6.12. The highest BCUT2D eigenvalue weighted by atomic mass is 16.5. The van der Waals surface area contributed by atoms with Crippen molar-refractivity contribution in [1.29, 1.82) is 0 Å². The van der Waals surface area contributed by atoms with Crippen LogP contribution in [0.15, 0.2) is 36.4 Å². The van der Waals surface area contributed by atoms with Crippen molar-refractivity contribution in [2.24, 2.45) is 0 Å². The van der Waals surface area contributed by atoms with Crippen LogP contribution in [0.3, 0.4) is 0 Å². The Morgan fingerprint density at radius 3 is 3.07 bits per heavy atom. The first-order valence-electron chi connectivity index (χ1n) is 5.82. The minimum absolute atomic E-state index is 0.0860. The van der Waals surface area contributed by atoms with Crippen molar-refractivity contribution in [3.8, 4) is 0 Å². The molecule has 78 valence electrons. The van der Waals surface area contributed by atoms with Gasteiger partial charge in [-0.1, -0.05) is 50.1 Å². The van der Waals surface area contributed by atoms with Crippen molar-refractivity contribution in [1.82, 2.24) is 0 Å². The molecule has 0 saturated carbocycles. The van der Waals surface area contributed by atoms with Crippen LogP contribution < -0.4 is 0 Å². The average Bonchev–Trinajstić information content (AvgIpc) is 2.84. The summed E-state index contributed by atoms with van der Waals surface area (Å²) >= 11 is 0. The van der Waals surface area contributed by atoms with Crippen LogP contribution in [0.1, 0.15) is 43.4 Å². The van der Waals surface area contributed by atoms with Crippen LogP contribution in [-0.4, -0.2) is 0 Å². The predicted molar refractivity (Wildman–Crippen MR) is 60.6 cm³/mol. The summed E-state index contributed by atoms with van der Waals surface area (Å²) < 4.78 is 6.12. The monoisotopic (exact) mass is 200 g/mol. The van der Waals surface area contributed by atoms with Crippen molar-refractivity contribution >= 4 is 0 Å². The number of benzene rings is 1. The number of unbranched alkanes of at least 4 members (excludes halogenated alkanes) is 1. The number of ether oxygens (including phenoxy) is 1. The van der Waals surface area contributed by atoms with E-state index in [9.17, 15) is 0 Å². The number of hydrogen-bond donors (Lipinski definition) is 0. The molecule has 0 N–H and O–H groups in total. The van der Waals surface area contributed by atoms with Crippen LogP contribution in [0.5, 0.6) is 0 Å². The molecule has 0 saturated heterocycles. The lowest BCUT2D eigenvalue weighted by Gasteiger charge is -2.24. The van der Waals surface area contributed by atoms with Gasteiger partial charge in [0.25, 0.3) is 0 Å². The van der Waals surface area contributed by atoms with Gasteiger partial charge >= 0.3 is 0 Å². The molecule has 2 atom stereocenters. The van der Waals surface area contributed by atoms with Gasteiger partial charge in [0.05, 0.1) is 0 Å². The smallest absolute Gasteiger partial charge is 0.113 e. The third-order valence-electron chi connectivity index (χ3n) is 3.50. The van der Waals surface area contributed by atoms with Gasteiger partial charge in [-0.05, 0) is 23.6 Å². The first-order valence-corrected chi connectivity index (χ1v) is 5.82. The fraction of sp³-hybridized carbons (Fsp3) is 0.429. The molecule has 2 bridgehead atoms. The van der Waals surface area contributed by atoms with Crippen molar-refractivity contribution in [2.75, 3.05) is 0 Å². The van der Waals surface area contributed by atoms with Gasteiger partial charge in [-0.3, -0.25) is 0 Å². The third kappa shape index (κ3) is 1.19. The molecule has 15 heavy (non-hydrogen) atoms. The van der Waals surface area contributed by atoms with Gasteiger partial charge in [-0.25, -0.2) is 0 Å². The zero-order valence-electron chi connectivity index (χ0n) is 9.07. The van der Waals surface area contributed by atoms with Crippen molar-refractivity contribution < 1.29 is 4.74 Å². The van der Waals surface area contributed by atoms with Gasteiger partial charge in [0.1, 0.15) is 11.7 Å². The Labute approximate surface area is 90.8 Å². The maximum Gasteiger partial charge on any atom is 0.113 e. The predicted octanol–water partition coefficient (Wildman–Crippen LogP) is 3.71. The zero-order chi connectivity index (χ0) is 10.3. The van der Waals surface area contributed by atoms with Crippen LogP contribution in [0.25, 0.3) is 0 Å². The van der Waals surface area contributed by atoms with E-state index in [0.717, 1.165) is 6.42 Å². The molecule has 2 aliphatic heterocycles. The topological polar surface area (TPSA) is 9.23 Å². The van der Waals surface area contributed by atoms with E-state index in [1.54, 1.807) is 0 Å². The standard InChI is InChI=1S/C14H16O/c1-2-3-9-14-10-8-13(15-14)11-6-4-5-7-12(11)14/h4-8,10,13H,2-3,9H2,1H3/t13-,14+/m0/s1. The van der Waals surface area contributed by atoms with Crippen LogP contribution in [0.4, 0.5) is 0 Å². The van der Waals surface area contributed by atoms with E-state index in [2.05, 4.69) is 43.3 Å². The van der Waals surface area contributed by atoms with E-state index in [0.29, 0.717) is 0 Å². The van der Waals surface area contributed by atoms with Gasteiger partial charge in [0.2, 0.25) is 0 Å². The summed E-state index contributed by atoms with van der Waals surface area (Å²) in [5.74, 6) is 0. The Hall–Kier alpha value is -1.08. The van der Waals surface area contributed by atoms with Crippen LogP contribution >= 0.6 is 0 Å². The molecule has 0 spiro atoms. The summed E-state index contributed by atoms with van der Waals surface area (Å²) in [6.07, 6.45) is 8.26. The lowest BCUT2D eigenvalue weighted by molar-refractivity contribution is -0.00996. The maximum absolute atomic E-state index is 6.12. The molecule has 0 unspecified atom stereocenters. The molecule has 0 aliphatic carbocycles. The molecule has 2 aliphatic rings. The van der Waals surface area contributed by atoms with E-state index >= 15 is 0 Å². The van der Waals surface area contributed by atoms with Gasteiger partial charge in [-0.2, -0.15) is 0 Å². The number of rotatable bonds is 3. The molecule has 0 aromatic heterocycles. The Kier molecular flexibility index (Phi) is 1.96. The summed E-state index contributed by atoms with van der Waals surface area (Å²) in [5, 5.41) is 0. The quantitative estimate of drug-likeness (QED) is 0.676. The van der Waals surface area contributed by atoms with E-state index in [4.69, 9.17) is 4.74 Å². The summed E-state index contributed by atoms with van der Waals surface area (Å²) in [5.41, 5.74) is 2.68. The Morgan fingerprint density at radius 1 is 1.33 bits per heavy atom. The lowest BCUT2D eigenvalue weighted by atomic mass is 9.84. The second-order valence-electron chi connectivity index (χ2n) is 4.48. The van der Waals surface area contributed by atoms with E-state index < -0.39 is 0 Å². The molecule has 2 heterocycles. The van der Waals surface area contributed by atoms with Crippen LogP contribution in [0.2, 0.25) is 0 Å². The molecule has 1 aromatic carbocycles. The Balaban J connectivity index is 2.01. The molecule has 3 rings (SSSR count). The van der Waals surface area contributed by atoms with Gasteiger partial charge < -0.3 is 4.74 Å². The van der Waals surface area contributed by atoms with Crippen LogP contribution in [0, 0.1) is 0 Å². The molecule has 1 aromatic rings. The van der Waals surface area contributed by atoms with Gasteiger partial charge in [-0.15, -0.1) is 0 Å². The number of fused-ring (bicyclic) bond motifs is 5. The summed E-state index contributed by atoms with van der Waals surface area (Å²) in [7, 11) is 0. The molecule has 0 radical (unpaired) electrons. The number of hydrogen-bond acceptors (Lipinski definition) is 1. The first-order chi connectivity index (χ1) is 7.36. The highest BCUT2D eigenvalue weighted by Crippen LogP contribution is 2.52. The molecule has 0 fully saturated rings. The van der Waals surface area contributed by atoms with Crippen molar-refractivity contribution in [3.05, 3.63) is 47.5 Å². The van der Waals surface area contributed by atoms with Crippen molar-refractivity contribution in [3.63, 3.8) is 0 Å². The normalized spacial score (nSPS) is 30.9. The molecule has 1 nitrogen and oxygen atoms in total. The largest absolute Gasteiger partial charge is 0.354 e. The SMILES string of the molecule is CCCC[C@]12C=C[C@H](O1)c1ccccc12. The molecular formula is C14H16O. The van der Waals surface area contributed by atoms with E-state index in [-0.39, 0.29) is 11.7 Å². The first kappa shape index (κ1) is 9.17. The molecule has 1 heteroatoms. The summed E-state index contributed by atoms with van der Waals surface area (Å²) in [4.78, 5) is 0. The average molecular weight is 200 g/mol. The Morgan fingerprint density at radius 2 is 2.20 bits per heavy atom. The Bertz CT molecular complexity index is 408. The highest BCUT2D eigenvalue weighted by Gasteiger charge is 2.45. The lowest BCUT2D eigenvalue weighted by Crippen LogP contribution is -2.20. The molecule has 0 amide bonds. The minimum atomic E-state index is -0.0860. The summed E-state index contributed by atoms with van der Waals surface area (Å²) in [6.45, 7) is 2.23. The summed E-state index contributed by atoms with van der Waals surface area (Å²) in [6, 6.07) is 8.63. The van der Waals surface area contributed by atoms with E-state index in [1.165, 1.54) is 24.0 Å². The van der Waals surface area contributed by atoms with Crippen LogP contribution in [-0.2, 0) is 10.3 Å². The fourth-order valence-electron chi connectivity index (χ4n) is 2.72. The fourth-order valence-corrected chi connectivity index (χ4v) is 2.72. The zero-order valence-corrected chi connectivity index (χ0v) is 9.07. The minimum Gasteiger partial charge on any atom is -0.354 e. The highest BCUT2D eigenvalue weighted by molar-refractivity contribution is 5.47. The van der Waals surface area contributed by atoms with E-state index in [1.807, 2.05) is 0 Å². The third-order valence-corrected chi connectivity index (χ3v) is 3.50. The van der Waals surface area contributed by atoms with Crippen molar-refractivity contribution in [2.45, 2.75) is 37.9 Å². The molecular weight excluding hydrogens is 184 g/mol.